The van der Waals surface area contributed by atoms with Crippen LogP contribution in [0.25, 0.3) is 11.3 Å². The summed E-state index contributed by atoms with van der Waals surface area (Å²) in [6, 6.07) is 14.4. The second-order valence-corrected chi connectivity index (χ2v) is 6.51. The van der Waals surface area contributed by atoms with Gasteiger partial charge < -0.3 is 5.73 Å². The molecule has 27 heavy (non-hydrogen) atoms. The third-order valence-electron chi connectivity index (χ3n) is 4.62. The SMILES string of the molecule is Nc1cccc(-c2cn(CCCCN3C(=O)c4ccccc4C3=O)nn2)c1. The Morgan fingerprint density at radius 1 is 0.889 bits per heavy atom. The predicted octanol–water partition coefficient (Wildman–Crippen LogP) is 2.60. The molecule has 0 atom stereocenters. The smallest absolute Gasteiger partial charge is 0.261 e. The van der Waals surface area contributed by atoms with Gasteiger partial charge in [-0.05, 0) is 37.1 Å². The Kier molecular flexibility index (Phi) is 4.42. The van der Waals surface area contributed by atoms with E-state index < -0.39 is 0 Å². The van der Waals surface area contributed by atoms with E-state index in [-0.39, 0.29) is 11.8 Å². The molecule has 136 valence electrons. The van der Waals surface area contributed by atoms with Crippen molar-refractivity contribution in [2.45, 2.75) is 19.4 Å². The van der Waals surface area contributed by atoms with E-state index in [4.69, 9.17) is 5.73 Å². The van der Waals surface area contributed by atoms with E-state index in [9.17, 15) is 9.59 Å². The van der Waals surface area contributed by atoms with Gasteiger partial charge in [-0.1, -0.05) is 29.5 Å². The zero-order valence-electron chi connectivity index (χ0n) is 14.7. The van der Waals surface area contributed by atoms with Crippen molar-refractivity contribution >= 4 is 17.5 Å². The third-order valence-corrected chi connectivity index (χ3v) is 4.62. The number of carbonyl (C=O) groups is 2. The molecule has 0 radical (unpaired) electrons. The number of anilines is 1. The van der Waals surface area contributed by atoms with Crippen LogP contribution in [-0.4, -0.2) is 38.3 Å². The lowest BCUT2D eigenvalue weighted by Gasteiger charge is -2.13. The fourth-order valence-electron chi connectivity index (χ4n) is 3.22. The van der Waals surface area contributed by atoms with Crippen molar-refractivity contribution in [2.75, 3.05) is 12.3 Å². The number of nitrogens with zero attached hydrogens (tertiary/aromatic N) is 4. The molecule has 0 unspecified atom stereocenters. The first-order valence-electron chi connectivity index (χ1n) is 8.85. The third kappa shape index (κ3) is 3.31. The van der Waals surface area contributed by atoms with Crippen molar-refractivity contribution in [1.29, 1.82) is 0 Å². The van der Waals surface area contributed by atoms with Crippen molar-refractivity contribution in [1.82, 2.24) is 19.9 Å². The minimum Gasteiger partial charge on any atom is -0.399 e. The van der Waals surface area contributed by atoms with Crippen LogP contribution in [0.2, 0.25) is 0 Å². The molecule has 7 nitrogen and oxygen atoms in total. The summed E-state index contributed by atoms with van der Waals surface area (Å²) in [6.07, 6.45) is 3.36. The van der Waals surface area contributed by atoms with Crippen LogP contribution in [0.4, 0.5) is 5.69 Å². The maximum atomic E-state index is 12.3. The molecule has 2 amide bonds. The minimum absolute atomic E-state index is 0.208. The number of fused-ring (bicyclic) bond motifs is 1. The number of hydrogen-bond donors (Lipinski definition) is 1. The van der Waals surface area contributed by atoms with Gasteiger partial charge in [-0.2, -0.15) is 0 Å². The van der Waals surface area contributed by atoms with Crippen molar-refractivity contribution in [2.24, 2.45) is 0 Å². The van der Waals surface area contributed by atoms with Gasteiger partial charge in [0.15, 0.2) is 0 Å². The Balaban J connectivity index is 1.31. The molecule has 0 spiro atoms. The largest absolute Gasteiger partial charge is 0.399 e. The van der Waals surface area contributed by atoms with E-state index in [1.165, 1.54) is 4.90 Å². The fourth-order valence-corrected chi connectivity index (χ4v) is 3.22. The number of hydrogen-bond acceptors (Lipinski definition) is 5. The number of amides is 2. The van der Waals surface area contributed by atoms with E-state index in [0.29, 0.717) is 36.3 Å². The van der Waals surface area contributed by atoms with Gasteiger partial charge in [0.05, 0.1) is 17.3 Å². The monoisotopic (exact) mass is 361 g/mol. The molecule has 0 fully saturated rings. The van der Waals surface area contributed by atoms with Crippen LogP contribution >= 0.6 is 0 Å². The normalized spacial score (nSPS) is 13.3. The second-order valence-electron chi connectivity index (χ2n) is 6.51. The number of aryl methyl sites for hydroxylation is 1. The summed E-state index contributed by atoms with van der Waals surface area (Å²) in [5, 5.41) is 8.31. The summed E-state index contributed by atoms with van der Waals surface area (Å²) in [5.41, 5.74) is 9.16. The zero-order valence-corrected chi connectivity index (χ0v) is 14.7. The van der Waals surface area contributed by atoms with E-state index in [2.05, 4.69) is 10.3 Å². The molecule has 2 heterocycles. The molecule has 1 aromatic heterocycles. The van der Waals surface area contributed by atoms with Gasteiger partial charge >= 0.3 is 0 Å². The molecule has 0 aliphatic carbocycles. The highest BCUT2D eigenvalue weighted by atomic mass is 16.2. The van der Waals surface area contributed by atoms with Crippen molar-refractivity contribution < 1.29 is 9.59 Å². The molecular weight excluding hydrogens is 342 g/mol. The van der Waals surface area contributed by atoms with Gasteiger partial charge in [0.2, 0.25) is 0 Å². The van der Waals surface area contributed by atoms with Gasteiger partial charge in [0.25, 0.3) is 11.8 Å². The van der Waals surface area contributed by atoms with Crippen molar-refractivity contribution in [3.8, 4) is 11.3 Å². The summed E-state index contributed by atoms with van der Waals surface area (Å²) in [5.74, 6) is -0.416. The molecule has 7 heteroatoms. The van der Waals surface area contributed by atoms with Gasteiger partial charge in [-0.15, -0.1) is 5.10 Å². The first-order valence-corrected chi connectivity index (χ1v) is 8.85. The number of aromatic nitrogens is 3. The average molecular weight is 361 g/mol. The number of imide groups is 1. The summed E-state index contributed by atoms with van der Waals surface area (Å²) in [6.45, 7) is 1.07. The average Bonchev–Trinajstić information content (AvgIpc) is 3.24. The Morgan fingerprint density at radius 2 is 1.59 bits per heavy atom. The molecule has 2 N–H and O–H groups in total. The number of nitrogens with two attached hydrogens (primary N) is 1. The molecule has 1 aliphatic rings. The standard InChI is InChI=1S/C20H19N5O2/c21-15-7-5-6-14(12-15)18-13-24(23-22-18)10-3-4-11-25-19(26)16-8-1-2-9-17(16)20(25)27/h1-2,5-9,12-13H,3-4,10-11,21H2. The number of rotatable bonds is 6. The summed E-state index contributed by atoms with van der Waals surface area (Å²) in [4.78, 5) is 26.0. The molecule has 0 saturated carbocycles. The van der Waals surface area contributed by atoms with Crippen LogP contribution in [-0.2, 0) is 6.54 Å². The van der Waals surface area contributed by atoms with E-state index in [1.54, 1.807) is 28.9 Å². The Hall–Kier alpha value is -3.48. The van der Waals surface area contributed by atoms with Crippen LogP contribution in [0.1, 0.15) is 33.6 Å². The predicted molar refractivity (Wildman–Crippen MR) is 101 cm³/mol. The van der Waals surface area contributed by atoms with Crippen LogP contribution in [0.15, 0.2) is 54.7 Å². The van der Waals surface area contributed by atoms with Crippen LogP contribution in [0.3, 0.4) is 0 Å². The fraction of sp³-hybridized carbons (Fsp3) is 0.200. The lowest BCUT2D eigenvalue weighted by molar-refractivity contribution is 0.0651. The van der Waals surface area contributed by atoms with E-state index >= 15 is 0 Å². The topological polar surface area (TPSA) is 94.1 Å². The van der Waals surface area contributed by atoms with Crippen molar-refractivity contribution in [3.63, 3.8) is 0 Å². The van der Waals surface area contributed by atoms with Crippen molar-refractivity contribution in [3.05, 3.63) is 65.9 Å². The number of carbonyl (C=O) groups excluding carboxylic acids is 2. The minimum atomic E-state index is -0.208. The highest BCUT2D eigenvalue weighted by Crippen LogP contribution is 2.23. The number of nitrogen functional groups attached to an aromatic ring is 1. The molecule has 0 bridgehead atoms. The maximum absolute atomic E-state index is 12.3. The Bertz CT molecular complexity index is 976. The summed E-state index contributed by atoms with van der Waals surface area (Å²) < 4.78 is 1.76. The highest BCUT2D eigenvalue weighted by molar-refractivity contribution is 6.21. The molecular formula is C20H19N5O2. The van der Waals surface area contributed by atoms with E-state index in [0.717, 1.165) is 17.7 Å². The van der Waals surface area contributed by atoms with Gasteiger partial charge in [0, 0.05) is 24.3 Å². The van der Waals surface area contributed by atoms with Gasteiger partial charge in [0.1, 0.15) is 5.69 Å². The van der Waals surface area contributed by atoms with Gasteiger partial charge in [-0.3, -0.25) is 19.2 Å². The molecule has 2 aromatic carbocycles. The van der Waals surface area contributed by atoms with Gasteiger partial charge in [-0.25, -0.2) is 0 Å². The zero-order chi connectivity index (χ0) is 18.8. The van der Waals surface area contributed by atoms with Crippen LogP contribution < -0.4 is 5.73 Å². The first kappa shape index (κ1) is 17.0. The quantitative estimate of drug-likeness (QED) is 0.414. The maximum Gasteiger partial charge on any atom is 0.261 e. The number of unbranched alkanes of at least 4 members (excludes halogenated alkanes) is 1. The second kappa shape index (κ2) is 7.03. The summed E-state index contributed by atoms with van der Waals surface area (Å²) in [7, 11) is 0. The Labute approximate surface area is 156 Å². The lowest BCUT2D eigenvalue weighted by Crippen LogP contribution is -2.30. The first-order chi connectivity index (χ1) is 13.1. The Morgan fingerprint density at radius 3 is 2.30 bits per heavy atom. The molecule has 0 saturated heterocycles. The lowest BCUT2D eigenvalue weighted by atomic mass is 10.1. The molecule has 3 aromatic rings. The number of benzene rings is 2. The molecule has 1 aliphatic heterocycles. The molecule has 4 rings (SSSR count). The summed E-state index contributed by atoms with van der Waals surface area (Å²) >= 11 is 0. The highest BCUT2D eigenvalue weighted by Gasteiger charge is 2.34. The van der Waals surface area contributed by atoms with E-state index in [1.807, 2.05) is 30.5 Å². The van der Waals surface area contributed by atoms with Crippen LogP contribution in [0.5, 0.6) is 0 Å². The van der Waals surface area contributed by atoms with Crippen LogP contribution in [0, 0.1) is 0 Å².